The van der Waals surface area contributed by atoms with Crippen molar-refractivity contribution >= 4 is 5.91 Å². The zero-order valence-electron chi connectivity index (χ0n) is 14.1. The number of hydrogen-bond acceptors (Lipinski definition) is 5. The molecule has 3 rings (SSSR count). The molecule has 0 saturated heterocycles. The molecule has 0 fully saturated rings. The van der Waals surface area contributed by atoms with Crippen LogP contribution in [0.5, 0.6) is 0 Å². The van der Waals surface area contributed by atoms with E-state index in [1.165, 1.54) is 6.92 Å². The van der Waals surface area contributed by atoms with Gasteiger partial charge in [-0.3, -0.25) is 9.48 Å². The molecule has 0 radical (unpaired) electrons. The zero-order chi connectivity index (χ0) is 17.3. The molecule has 0 aliphatic heterocycles. The molecule has 7 nitrogen and oxygen atoms in total. The van der Waals surface area contributed by atoms with Crippen molar-refractivity contribution in [2.75, 3.05) is 0 Å². The summed E-state index contributed by atoms with van der Waals surface area (Å²) < 4.78 is 7.14. The molecule has 0 spiro atoms. The Morgan fingerprint density at radius 2 is 1.96 bits per heavy atom. The summed E-state index contributed by atoms with van der Waals surface area (Å²) in [5.41, 5.74) is 1.77. The first kappa shape index (κ1) is 15.9. The Hall–Kier alpha value is -2.96. The van der Waals surface area contributed by atoms with Crippen molar-refractivity contribution in [3.05, 3.63) is 42.4 Å². The van der Waals surface area contributed by atoms with Gasteiger partial charge in [-0.2, -0.15) is 10.1 Å². The summed E-state index contributed by atoms with van der Waals surface area (Å²) in [6, 6.07) is 9.81. The Balaban J connectivity index is 2.01. The first-order valence-electron chi connectivity index (χ1n) is 7.59. The maximum absolute atomic E-state index is 11.3. The third-order valence-corrected chi connectivity index (χ3v) is 3.58. The van der Waals surface area contributed by atoms with Gasteiger partial charge in [0.25, 0.3) is 5.89 Å². The number of carbonyl (C=O) groups excluding carboxylic acids is 1. The highest BCUT2D eigenvalue weighted by atomic mass is 16.5. The number of carbonyl (C=O) groups is 1. The number of hydrogen-bond donors (Lipinski definition) is 1. The third-order valence-electron chi connectivity index (χ3n) is 3.58. The Bertz CT molecular complexity index is 864. The third kappa shape index (κ3) is 3.05. The summed E-state index contributed by atoms with van der Waals surface area (Å²) in [5.74, 6) is 0.628. The van der Waals surface area contributed by atoms with Gasteiger partial charge < -0.3 is 9.84 Å². The topological polar surface area (TPSA) is 85.8 Å². The van der Waals surface area contributed by atoms with Gasteiger partial charge in [-0.25, -0.2) is 0 Å². The van der Waals surface area contributed by atoms with E-state index in [0.29, 0.717) is 11.7 Å². The van der Waals surface area contributed by atoms with Crippen molar-refractivity contribution in [2.24, 2.45) is 7.05 Å². The van der Waals surface area contributed by atoms with Gasteiger partial charge in [0.05, 0.1) is 11.1 Å². The van der Waals surface area contributed by atoms with E-state index >= 15 is 0 Å². The van der Waals surface area contributed by atoms with E-state index in [0.717, 1.165) is 16.8 Å². The maximum atomic E-state index is 11.3. The van der Waals surface area contributed by atoms with E-state index in [2.05, 4.69) is 20.6 Å². The summed E-state index contributed by atoms with van der Waals surface area (Å²) >= 11 is 0. The van der Waals surface area contributed by atoms with Crippen LogP contribution in [0.4, 0.5) is 0 Å². The van der Waals surface area contributed by atoms with E-state index in [-0.39, 0.29) is 5.91 Å². The van der Waals surface area contributed by atoms with Crippen LogP contribution in [-0.4, -0.2) is 25.8 Å². The lowest BCUT2D eigenvalue weighted by atomic mass is 10.0. The van der Waals surface area contributed by atoms with Crippen LogP contribution in [0.25, 0.3) is 22.7 Å². The quantitative estimate of drug-likeness (QED) is 0.796. The van der Waals surface area contributed by atoms with Gasteiger partial charge in [-0.1, -0.05) is 35.5 Å². The molecule has 0 atom stereocenters. The van der Waals surface area contributed by atoms with Gasteiger partial charge in [0.15, 0.2) is 5.82 Å². The average Bonchev–Trinajstić information content (AvgIpc) is 3.13. The summed E-state index contributed by atoms with van der Waals surface area (Å²) in [5, 5.41) is 11.3. The molecule has 0 saturated carbocycles. The van der Waals surface area contributed by atoms with Crippen molar-refractivity contribution < 1.29 is 9.32 Å². The van der Waals surface area contributed by atoms with Crippen molar-refractivity contribution in [1.82, 2.24) is 25.2 Å². The number of benzene rings is 1. The molecule has 1 amide bonds. The molecule has 24 heavy (non-hydrogen) atoms. The van der Waals surface area contributed by atoms with Crippen LogP contribution in [0, 0.1) is 0 Å². The van der Waals surface area contributed by atoms with Crippen LogP contribution in [-0.2, 0) is 17.4 Å². The van der Waals surface area contributed by atoms with Gasteiger partial charge >= 0.3 is 0 Å². The van der Waals surface area contributed by atoms with Crippen molar-refractivity contribution in [1.29, 1.82) is 0 Å². The minimum absolute atomic E-state index is 0.155. The molecular formula is C17H19N5O2. The van der Waals surface area contributed by atoms with Crippen LogP contribution in [0.3, 0.4) is 0 Å². The molecule has 7 heteroatoms. The lowest BCUT2D eigenvalue weighted by molar-refractivity contribution is -0.120. The lowest BCUT2D eigenvalue weighted by Crippen LogP contribution is -2.40. The maximum Gasteiger partial charge on any atom is 0.261 e. The highest BCUT2D eigenvalue weighted by molar-refractivity contribution is 5.76. The van der Waals surface area contributed by atoms with E-state index in [1.54, 1.807) is 4.68 Å². The Labute approximate surface area is 139 Å². The zero-order valence-corrected chi connectivity index (χ0v) is 14.1. The minimum Gasteiger partial charge on any atom is -0.344 e. The number of nitrogens with zero attached hydrogens (tertiary/aromatic N) is 4. The van der Waals surface area contributed by atoms with Crippen molar-refractivity contribution in [2.45, 2.75) is 26.3 Å². The lowest BCUT2D eigenvalue weighted by Gasteiger charge is -2.20. The van der Waals surface area contributed by atoms with Crippen molar-refractivity contribution in [3.63, 3.8) is 0 Å². The fraction of sp³-hybridized carbons (Fsp3) is 0.294. The van der Waals surface area contributed by atoms with Crippen LogP contribution in [0.2, 0.25) is 0 Å². The van der Waals surface area contributed by atoms with E-state index in [9.17, 15) is 4.79 Å². The second kappa shape index (κ2) is 5.92. The number of amides is 1. The molecule has 2 aromatic heterocycles. The summed E-state index contributed by atoms with van der Waals surface area (Å²) in [7, 11) is 1.84. The van der Waals surface area contributed by atoms with E-state index in [1.807, 2.05) is 57.4 Å². The monoisotopic (exact) mass is 325 g/mol. The molecule has 0 aliphatic rings. The Morgan fingerprint density at radius 3 is 2.62 bits per heavy atom. The smallest absolute Gasteiger partial charge is 0.261 e. The molecule has 0 bridgehead atoms. The van der Waals surface area contributed by atoms with Gasteiger partial charge in [0.2, 0.25) is 5.91 Å². The largest absolute Gasteiger partial charge is 0.344 e. The molecule has 0 aliphatic carbocycles. The van der Waals surface area contributed by atoms with Crippen LogP contribution in [0.15, 0.2) is 41.1 Å². The normalized spacial score (nSPS) is 11.5. The number of nitrogens with one attached hydrogen (secondary N) is 1. The number of aryl methyl sites for hydroxylation is 1. The fourth-order valence-corrected chi connectivity index (χ4v) is 2.54. The predicted molar refractivity (Wildman–Crippen MR) is 88.8 cm³/mol. The number of aromatic nitrogens is 4. The van der Waals surface area contributed by atoms with E-state index in [4.69, 9.17) is 4.52 Å². The second-order valence-corrected chi connectivity index (χ2v) is 6.16. The van der Waals surface area contributed by atoms with Crippen LogP contribution in [0.1, 0.15) is 26.6 Å². The van der Waals surface area contributed by atoms with Gasteiger partial charge in [-0.15, -0.1) is 0 Å². The second-order valence-electron chi connectivity index (χ2n) is 6.16. The Morgan fingerprint density at radius 1 is 1.25 bits per heavy atom. The van der Waals surface area contributed by atoms with E-state index < -0.39 is 5.54 Å². The standard InChI is InChI=1S/C17H19N5O2/c1-11(23)19-17(2,3)16-18-15(24-21-16)13-10-22(4)20-14(13)12-8-6-5-7-9-12/h5-10H,1-4H3,(H,19,23). The summed E-state index contributed by atoms with van der Waals surface area (Å²) in [6.45, 7) is 5.10. The molecule has 2 heterocycles. The van der Waals surface area contributed by atoms with Crippen molar-refractivity contribution in [3.8, 4) is 22.7 Å². The molecule has 1 aromatic carbocycles. The minimum atomic E-state index is -0.720. The molecule has 124 valence electrons. The SMILES string of the molecule is CC(=O)NC(C)(C)c1noc(-c2cn(C)nc2-c2ccccc2)n1. The van der Waals surface area contributed by atoms with Gasteiger partial charge in [0, 0.05) is 25.7 Å². The molecule has 3 aromatic rings. The molecule has 1 N–H and O–H groups in total. The molecule has 0 unspecified atom stereocenters. The predicted octanol–water partition coefficient (Wildman–Crippen LogP) is 2.51. The van der Waals surface area contributed by atoms with Gasteiger partial charge in [0.1, 0.15) is 5.69 Å². The number of rotatable bonds is 4. The first-order valence-corrected chi connectivity index (χ1v) is 7.59. The average molecular weight is 325 g/mol. The Kier molecular flexibility index (Phi) is 3.92. The summed E-state index contributed by atoms with van der Waals surface area (Å²) in [6.07, 6.45) is 1.84. The van der Waals surface area contributed by atoms with Crippen LogP contribution < -0.4 is 5.32 Å². The highest BCUT2D eigenvalue weighted by Gasteiger charge is 2.29. The van der Waals surface area contributed by atoms with Gasteiger partial charge in [-0.05, 0) is 13.8 Å². The summed E-state index contributed by atoms with van der Waals surface area (Å²) in [4.78, 5) is 15.8. The highest BCUT2D eigenvalue weighted by Crippen LogP contribution is 2.30. The first-order chi connectivity index (χ1) is 11.4. The van der Waals surface area contributed by atoms with Crippen LogP contribution >= 0.6 is 0 Å². The molecular weight excluding hydrogens is 306 g/mol. The fourth-order valence-electron chi connectivity index (χ4n) is 2.54.